The first-order valence-corrected chi connectivity index (χ1v) is 10.7. The Bertz CT molecular complexity index is 1260. The van der Waals surface area contributed by atoms with Crippen LogP contribution >= 0.6 is 0 Å². The number of urea groups is 1. The number of carbonyl (C=O) groups is 1. The Morgan fingerprint density at radius 2 is 1.84 bits per heavy atom. The van der Waals surface area contributed by atoms with Gasteiger partial charge in [-0.1, -0.05) is 30.3 Å². The fourth-order valence-electron chi connectivity index (χ4n) is 4.51. The number of carbonyl (C=O) groups excluding carboxylic acids is 1. The number of nitrogens with one attached hydrogen (secondary N) is 1. The van der Waals surface area contributed by atoms with E-state index in [4.69, 9.17) is 0 Å². The van der Waals surface area contributed by atoms with Gasteiger partial charge in [-0.15, -0.1) is 0 Å². The highest BCUT2D eigenvalue weighted by Crippen LogP contribution is 2.32. The van der Waals surface area contributed by atoms with Crippen LogP contribution < -0.4 is 5.32 Å². The number of amides is 2. The molecule has 0 saturated carbocycles. The summed E-state index contributed by atoms with van der Waals surface area (Å²) in [7, 11) is 0. The molecule has 0 radical (unpaired) electrons. The first-order valence-electron chi connectivity index (χ1n) is 10.7. The minimum atomic E-state index is -0.0367. The number of pyridine rings is 1. The molecule has 2 aromatic heterocycles. The molecule has 5 nitrogen and oxygen atoms in total. The molecule has 2 amide bonds. The van der Waals surface area contributed by atoms with Gasteiger partial charge in [0.2, 0.25) is 0 Å². The van der Waals surface area contributed by atoms with Crippen molar-refractivity contribution >= 4 is 22.6 Å². The van der Waals surface area contributed by atoms with Gasteiger partial charge < -0.3 is 14.8 Å². The van der Waals surface area contributed by atoms with Crippen LogP contribution in [0, 0.1) is 13.8 Å². The summed E-state index contributed by atoms with van der Waals surface area (Å²) in [5, 5.41) is 4.35. The fraction of sp³-hybridized carbons (Fsp3) is 0.231. The van der Waals surface area contributed by atoms with Crippen LogP contribution in [0.3, 0.4) is 0 Å². The number of anilines is 1. The minimum Gasteiger partial charge on any atom is -0.340 e. The van der Waals surface area contributed by atoms with Gasteiger partial charge in [0.1, 0.15) is 0 Å². The van der Waals surface area contributed by atoms with E-state index in [2.05, 4.69) is 64.3 Å². The van der Waals surface area contributed by atoms with Gasteiger partial charge in [-0.25, -0.2) is 4.79 Å². The molecule has 0 bridgehead atoms. The van der Waals surface area contributed by atoms with E-state index in [9.17, 15) is 4.79 Å². The van der Waals surface area contributed by atoms with Crippen molar-refractivity contribution in [2.75, 3.05) is 11.9 Å². The standard InChI is InChI=1S/C26H26N4O/c1-18-6-5-8-23(19(18)2)28-26(31)29-15-12-25-22(17-29)21-7-3-4-9-24(21)30(25)16-20-10-13-27-14-11-20/h3-11,13-14H,12,15-17H2,1-2H3,(H,28,31). The van der Waals surface area contributed by atoms with E-state index in [-0.39, 0.29) is 6.03 Å². The summed E-state index contributed by atoms with van der Waals surface area (Å²) < 4.78 is 2.40. The maximum absolute atomic E-state index is 13.1. The summed E-state index contributed by atoms with van der Waals surface area (Å²) in [5.74, 6) is 0. The van der Waals surface area contributed by atoms with Gasteiger partial charge in [0.15, 0.2) is 0 Å². The Labute approximate surface area is 182 Å². The number of benzene rings is 2. The van der Waals surface area contributed by atoms with Crippen LogP contribution in [0.5, 0.6) is 0 Å². The summed E-state index contributed by atoms with van der Waals surface area (Å²) >= 11 is 0. The summed E-state index contributed by atoms with van der Waals surface area (Å²) in [6, 6.07) is 18.6. The minimum absolute atomic E-state index is 0.0367. The van der Waals surface area contributed by atoms with E-state index in [1.807, 2.05) is 36.4 Å². The highest BCUT2D eigenvalue weighted by Gasteiger charge is 2.26. The largest absolute Gasteiger partial charge is 0.340 e. The lowest BCUT2D eigenvalue weighted by Crippen LogP contribution is -2.39. The maximum atomic E-state index is 13.1. The van der Waals surface area contributed by atoms with Gasteiger partial charge in [0, 0.05) is 66.3 Å². The van der Waals surface area contributed by atoms with Gasteiger partial charge in [0.25, 0.3) is 0 Å². The van der Waals surface area contributed by atoms with E-state index in [0.717, 1.165) is 24.2 Å². The van der Waals surface area contributed by atoms with Crippen molar-refractivity contribution in [2.45, 2.75) is 33.4 Å². The van der Waals surface area contributed by atoms with Crippen molar-refractivity contribution < 1.29 is 4.79 Å². The molecule has 0 spiro atoms. The van der Waals surface area contributed by atoms with Gasteiger partial charge in [0.05, 0.1) is 0 Å². The second-order valence-electron chi connectivity index (χ2n) is 8.23. The number of aryl methyl sites for hydroxylation is 1. The molecule has 5 rings (SSSR count). The molecule has 3 heterocycles. The molecular weight excluding hydrogens is 384 g/mol. The number of aromatic nitrogens is 2. The quantitative estimate of drug-likeness (QED) is 0.499. The lowest BCUT2D eigenvalue weighted by molar-refractivity contribution is 0.206. The number of para-hydroxylation sites is 1. The monoisotopic (exact) mass is 410 g/mol. The van der Waals surface area contributed by atoms with Crippen LogP contribution in [-0.2, 0) is 19.5 Å². The number of nitrogens with zero attached hydrogens (tertiary/aromatic N) is 3. The highest BCUT2D eigenvalue weighted by atomic mass is 16.2. The van der Waals surface area contributed by atoms with Gasteiger partial charge >= 0.3 is 6.03 Å². The lowest BCUT2D eigenvalue weighted by Gasteiger charge is -2.29. The van der Waals surface area contributed by atoms with Crippen molar-refractivity contribution in [1.29, 1.82) is 0 Å². The Kier molecular flexibility index (Phi) is 4.94. The van der Waals surface area contributed by atoms with Crippen molar-refractivity contribution in [3.63, 3.8) is 0 Å². The van der Waals surface area contributed by atoms with E-state index in [1.54, 1.807) is 0 Å². The fourth-order valence-corrected chi connectivity index (χ4v) is 4.51. The maximum Gasteiger partial charge on any atom is 0.322 e. The molecule has 1 N–H and O–H groups in total. The average Bonchev–Trinajstić information content (AvgIpc) is 3.11. The van der Waals surface area contributed by atoms with E-state index < -0.39 is 0 Å². The Morgan fingerprint density at radius 1 is 1.03 bits per heavy atom. The second-order valence-corrected chi connectivity index (χ2v) is 8.23. The molecule has 5 heteroatoms. The topological polar surface area (TPSA) is 50.2 Å². The summed E-state index contributed by atoms with van der Waals surface area (Å²) in [5.41, 5.74) is 8.21. The lowest BCUT2D eigenvalue weighted by atomic mass is 10.0. The van der Waals surface area contributed by atoms with Gasteiger partial charge in [-0.2, -0.15) is 0 Å². The summed E-state index contributed by atoms with van der Waals surface area (Å²) in [6.45, 7) is 6.25. The van der Waals surface area contributed by atoms with Crippen molar-refractivity contribution in [3.8, 4) is 0 Å². The first-order chi connectivity index (χ1) is 15.1. The number of rotatable bonds is 3. The molecule has 1 aliphatic heterocycles. The molecule has 0 saturated heterocycles. The third-order valence-electron chi connectivity index (χ3n) is 6.39. The SMILES string of the molecule is Cc1cccc(NC(=O)N2CCc3c(c4ccccc4n3Cc3ccncc3)C2)c1C. The zero-order chi connectivity index (χ0) is 21.4. The van der Waals surface area contributed by atoms with Crippen LogP contribution in [0.25, 0.3) is 10.9 Å². The average molecular weight is 411 g/mol. The van der Waals surface area contributed by atoms with E-state index in [1.165, 1.54) is 33.3 Å². The second kappa shape index (κ2) is 7.91. The molecule has 0 fully saturated rings. The number of hydrogen-bond acceptors (Lipinski definition) is 2. The first kappa shape index (κ1) is 19.4. The predicted molar refractivity (Wildman–Crippen MR) is 124 cm³/mol. The normalized spacial score (nSPS) is 13.3. The van der Waals surface area contributed by atoms with E-state index in [0.29, 0.717) is 13.1 Å². The van der Waals surface area contributed by atoms with Crippen molar-refractivity contribution in [3.05, 3.63) is 94.9 Å². The van der Waals surface area contributed by atoms with Crippen LogP contribution in [0.2, 0.25) is 0 Å². The highest BCUT2D eigenvalue weighted by molar-refractivity contribution is 5.92. The molecule has 4 aromatic rings. The van der Waals surface area contributed by atoms with Crippen LogP contribution in [0.1, 0.15) is 27.9 Å². The van der Waals surface area contributed by atoms with Crippen LogP contribution in [-0.4, -0.2) is 27.0 Å². The summed E-state index contributed by atoms with van der Waals surface area (Å²) in [6.07, 6.45) is 4.52. The molecule has 1 aliphatic rings. The van der Waals surface area contributed by atoms with Crippen LogP contribution in [0.4, 0.5) is 10.5 Å². The molecule has 156 valence electrons. The molecule has 31 heavy (non-hydrogen) atoms. The van der Waals surface area contributed by atoms with Gasteiger partial charge in [-0.05, 0) is 54.8 Å². The van der Waals surface area contributed by atoms with Crippen molar-refractivity contribution in [1.82, 2.24) is 14.5 Å². The molecule has 0 unspecified atom stereocenters. The smallest absolute Gasteiger partial charge is 0.322 e. The number of fused-ring (bicyclic) bond motifs is 3. The zero-order valence-electron chi connectivity index (χ0n) is 17.9. The number of hydrogen-bond donors (Lipinski definition) is 1. The Morgan fingerprint density at radius 3 is 2.68 bits per heavy atom. The van der Waals surface area contributed by atoms with Crippen LogP contribution in [0.15, 0.2) is 67.0 Å². The summed E-state index contributed by atoms with van der Waals surface area (Å²) in [4.78, 5) is 19.1. The van der Waals surface area contributed by atoms with E-state index >= 15 is 0 Å². The zero-order valence-corrected chi connectivity index (χ0v) is 17.9. The third-order valence-corrected chi connectivity index (χ3v) is 6.39. The molecule has 0 aliphatic carbocycles. The molecule has 0 atom stereocenters. The molecular formula is C26H26N4O. The molecule has 2 aromatic carbocycles. The van der Waals surface area contributed by atoms with Crippen molar-refractivity contribution in [2.24, 2.45) is 0 Å². The Balaban J connectivity index is 1.45. The third kappa shape index (κ3) is 3.56. The Hall–Kier alpha value is -3.60. The van der Waals surface area contributed by atoms with Gasteiger partial charge in [-0.3, -0.25) is 4.98 Å². The predicted octanol–water partition coefficient (Wildman–Crippen LogP) is 5.29.